The lowest BCUT2D eigenvalue weighted by Crippen LogP contribution is -2.33. The minimum atomic E-state index is -0.222. The van der Waals surface area contributed by atoms with Crippen LogP contribution in [-0.4, -0.2) is 0 Å². The van der Waals surface area contributed by atoms with Gasteiger partial charge < -0.3 is 5.73 Å². The molecule has 1 unspecified atom stereocenters. The number of halogens is 2. The van der Waals surface area contributed by atoms with Crippen LogP contribution in [0.2, 0.25) is 0 Å². The van der Waals surface area contributed by atoms with E-state index in [2.05, 4.69) is 29.8 Å². The highest BCUT2D eigenvalue weighted by Gasteiger charge is 2.40. The smallest absolute Gasteiger partial charge is 0.137 e. The third-order valence-electron chi connectivity index (χ3n) is 4.38. The first kappa shape index (κ1) is 15.0. The molecule has 1 fully saturated rings. The summed E-state index contributed by atoms with van der Waals surface area (Å²) in [6.45, 7) is 4.51. The maximum atomic E-state index is 13.4. The second-order valence-corrected chi connectivity index (χ2v) is 7.17. The Kier molecular flexibility index (Phi) is 4.67. The Morgan fingerprint density at radius 1 is 1.32 bits per heavy atom. The third-order valence-corrected chi connectivity index (χ3v) is 4.98. The molecule has 1 atom stereocenters. The molecule has 0 amide bonds. The van der Waals surface area contributed by atoms with Crippen LogP contribution in [0.5, 0.6) is 0 Å². The minimum absolute atomic E-state index is 0.00861. The van der Waals surface area contributed by atoms with E-state index in [4.69, 9.17) is 5.73 Å². The van der Waals surface area contributed by atoms with Crippen molar-refractivity contribution in [2.24, 2.45) is 17.1 Å². The van der Waals surface area contributed by atoms with Crippen LogP contribution in [0.4, 0.5) is 4.39 Å². The van der Waals surface area contributed by atoms with Gasteiger partial charge in [-0.3, -0.25) is 0 Å². The Balaban J connectivity index is 2.28. The molecule has 0 radical (unpaired) electrons. The SMILES string of the molecule is CC(C)CC1(C(N)c2ccc(F)c(Br)c2)CCCC1. The predicted molar refractivity (Wildman–Crippen MR) is 81.4 cm³/mol. The summed E-state index contributed by atoms with van der Waals surface area (Å²) < 4.78 is 13.9. The van der Waals surface area contributed by atoms with Crippen LogP contribution < -0.4 is 5.73 Å². The summed E-state index contributed by atoms with van der Waals surface area (Å²) in [6, 6.07) is 5.21. The van der Waals surface area contributed by atoms with Gasteiger partial charge in [-0.15, -0.1) is 0 Å². The third kappa shape index (κ3) is 3.19. The molecule has 1 nitrogen and oxygen atoms in total. The van der Waals surface area contributed by atoms with E-state index in [-0.39, 0.29) is 17.3 Å². The molecule has 1 aliphatic carbocycles. The first-order chi connectivity index (χ1) is 8.94. The van der Waals surface area contributed by atoms with Crippen molar-refractivity contribution in [3.05, 3.63) is 34.1 Å². The summed E-state index contributed by atoms with van der Waals surface area (Å²) in [5.74, 6) is 0.424. The predicted octanol–water partition coefficient (Wildman–Crippen LogP) is 5.19. The van der Waals surface area contributed by atoms with Gasteiger partial charge in [0.25, 0.3) is 0 Å². The molecule has 0 heterocycles. The van der Waals surface area contributed by atoms with Crippen LogP contribution in [0, 0.1) is 17.2 Å². The Morgan fingerprint density at radius 2 is 1.95 bits per heavy atom. The minimum Gasteiger partial charge on any atom is -0.323 e. The molecule has 1 aromatic rings. The molecule has 0 aromatic heterocycles. The highest BCUT2D eigenvalue weighted by molar-refractivity contribution is 9.10. The molecule has 0 saturated heterocycles. The Bertz CT molecular complexity index is 438. The van der Waals surface area contributed by atoms with E-state index < -0.39 is 0 Å². The van der Waals surface area contributed by atoms with Crippen molar-refractivity contribution in [3.63, 3.8) is 0 Å². The van der Waals surface area contributed by atoms with Crippen molar-refractivity contribution < 1.29 is 4.39 Å². The molecule has 0 bridgehead atoms. The van der Waals surface area contributed by atoms with Crippen LogP contribution in [0.1, 0.15) is 57.6 Å². The second kappa shape index (κ2) is 5.92. The Hall–Kier alpha value is -0.410. The number of nitrogens with two attached hydrogens (primary N) is 1. The lowest BCUT2D eigenvalue weighted by atomic mass is 9.71. The fourth-order valence-electron chi connectivity index (χ4n) is 3.59. The van der Waals surface area contributed by atoms with Crippen LogP contribution in [0.3, 0.4) is 0 Å². The lowest BCUT2D eigenvalue weighted by Gasteiger charge is -2.37. The summed E-state index contributed by atoms with van der Waals surface area (Å²) in [7, 11) is 0. The number of hydrogen-bond donors (Lipinski definition) is 1. The number of benzene rings is 1. The molecule has 19 heavy (non-hydrogen) atoms. The van der Waals surface area contributed by atoms with Crippen molar-refractivity contribution >= 4 is 15.9 Å². The van der Waals surface area contributed by atoms with Gasteiger partial charge in [0.15, 0.2) is 0 Å². The molecule has 2 N–H and O–H groups in total. The summed E-state index contributed by atoms with van der Waals surface area (Å²) in [5.41, 5.74) is 7.81. The largest absolute Gasteiger partial charge is 0.323 e. The Morgan fingerprint density at radius 3 is 2.47 bits per heavy atom. The van der Waals surface area contributed by atoms with Gasteiger partial charge in [-0.25, -0.2) is 4.39 Å². The molecular weight excluding hydrogens is 305 g/mol. The molecule has 0 aliphatic heterocycles. The van der Waals surface area contributed by atoms with Crippen LogP contribution in [-0.2, 0) is 0 Å². The van der Waals surface area contributed by atoms with E-state index in [0.29, 0.717) is 10.4 Å². The van der Waals surface area contributed by atoms with E-state index >= 15 is 0 Å². The summed E-state index contributed by atoms with van der Waals surface area (Å²) >= 11 is 3.26. The fourth-order valence-corrected chi connectivity index (χ4v) is 3.99. The highest BCUT2D eigenvalue weighted by Crippen LogP contribution is 2.50. The fraction of sp³-hybridized carbons (Fsp3) is 0.625. The summed E-state index contributed by atoms with van der Waals surface area (Å²) in [5, 5.41) is 0. The van der Waals surface area contributed by atoms with Gasteiger partial charge in [0.2, 0.25) is 0 Å². The number of rotatable bonds is 4. The first-order valence-electron chi connectivity index (χ1n) is 7.15. The van der Waals surface area contributed by atoms with Crippen LogP contribution in [0.15, 0.2) is 22.7 Å². The molecule has 3 heteroatoms. The van der Waals surface area contributed by atoms with E-state index in [1.807, 2.05) is 12.1 Å². The zero-order valence-corrected chi connectivity index (χ0v) is 13.3. The zero-order chi connectivity index (χ0) is 14.0. The van der Waals surface area contributed by atoms with Crippen molar-refractivity contribution in [2.45, 2.75) is 52.0 Å². The van der Waals surface area contributed by atoms with Gasteiger partial charge in [-0.1, -0.05) is 32.8 Å². The Labute approximate surface area is 123 Å². The topological polar surface area (TPSA) is 26.0 Å². The van der Waals surface area contributed by atoms with Crippen molar-refractivity contribution in [1.82, 2.24) is 0 Å². The van der Waals surface area contributed by atoms with Gasteiger partial charge >= 0.3 is 0 Å². The van der Waals surface area contributed by atoms with Gasteiger partial charge in [0, 0.05) is 6.04 Å². The lowest BCUT2D eigenvalue weighted by molar-refractivity contribution is 0.183. The van der Waals surface area contributed by atoms with Crippen LogP contribution in [0.25, 0.3) is 0 Å². The van der Waals surface area contributed by atoms with Gasteiger partial charge in [-0.05, 0) is 64.2 Å². The van der Waals surface area contributed by atoms with Crippen molar-refractivity contribution in [2.75, 3.05) is 0 Å². The molecule has 1 aromatic carbocycles. The molecule has 106 valence electrons. The molecule has 1 aliphatic rings. The van der Waals surface area contributed by atoms with Gasteiger partial charge in [0.1, 0.15) is 5.82 Å². The molecular formula is C16H23BrFN. The highest BCUT2D eigenvalue weighted by atomic mass is 79.9. The van der Waals surface area contributed by atoms with E-state index in [9.17, 15) is 4.39 Å². The van der Waals surface area contributed by atoms with Crippen LogP contribution >= 0.6 is 15.9 Å². The van der Waals surface area contributed by atoms with E-state index in [1.165, 1.54) is 31.7 Å². The van der Waals surface area contributed by atoms with Gasteiger partial charge in [0.05, 0.1) is 4.47 Å². The monoisotopic (exact) mass is 327 g/mol. The standard InChI is InChI=1S/C16H23BrFN/c1-11(2)10-16(7-3-4-8-16)15(19)12-5-6-14(18)13(17)9-12/h5-6,9,11,15H,3-4,7-8,10,19H2,1-2H3. The maximum absolute atomic E-state index is 13.4. The second-order valence-electron chi connectivity index (χ2n) is 6.32. The quantitative estimate of drug-likeness (QED) is 0.808. The maximum Gasteiger partial charge on any atom is 0.137 e. The van der Waals surface area contributed by atoms with Crippen molar-refractivity contribution in [3.8, 4) is 0 Å². The van der Waals surface area contributed by atoms with Crippen molar-refractivity contribution in [1.29, 1.82) is 0 Å². The normalized spacial score (nSPS) is 19.9. The van der Waals surface area contributed by atoms with E-state index in [1.54, 1.807) is 0 Å². The first-order valence-corrected chi connectivity index (χ1v) is 7.94. The summed E-state index contributed by atoms with van der Waals surface area (Å²) in [6.07, 6.45) is 6.08. The molecule has 2 rings (SSSR count). The molecule has 1 saturated carbocycles. The summed E-state index contributed by atoms with van der Waals surface area (Å²) in [4.78, 5) is 0. The average Bonchev–Trinajstić information content (AvgIpc) is 2.80. The average molecular weight is 328 g/mol. The molecule has 0 spiro atoms. The van der Waals surface area contributed by atoms with E-state index in [0.717, 1.165) is 12.0 Å². The number of hydrogen-bond acceptors (Lipinski definition) is 1. The zero-order valence-electron chi connectivity index (χ0n) is 11.8. The van der Waals surface area contributed by atoms with Gasteiger partial charge in [-0.2, -0.15) is 0 Å².